The zero-order chi connectivity index (χ0) is 13.5. The Morgan fingerprint density at radius 3 is 2.72 bits per heavy atom. The highest BCUT2D eigenvalue weighted by Gasteiger charge is 2.12. The van der Waals surface area contributed by atoms with Gasteiger partial charge in [-0.2, -0.15) is 0 Å². The van der Waals surface area contributed by atoms with Gasteiger partial charge >= 0.3 is 0 Å². The van der Waals surface area contributed by atoms with Crippen LogP contribution < -0.4 is 20.9 Å². The molecule has 18 heavy (non-hydrogen) atoms. The number of carbonyl (C=O) groups excluding carboxylic acids is 1. The molecule has 0 radical (unpaired) electrons. The van der Waals surface area contributed by atoms with Crippen molar-refractivity contribution in [3.63, 3.8) is 0 Å². The van der Waals surface area contributed by atoms with Crippen molar-refractivity contribution >= 4 is 12.0 Å². The second kappa shape index (κ2) is 6.66. The van der Waals surface area contributed by atoms with Crippen LogP contribution in [0.4, 0.5) is 0 Å². The number of hydrogen-bond donors (Lipinski definition) is 2. The molecule has 0 bridgehead atoms. The average Bonchev–Trinajstić information content (AvgIpc) is 2.36. The molecule has 0 heterocycles. The smallest absolute Gasteiger partial charge is 0.237 e. The quantitative estimate of drug-likeness (QED) is 0.785. The molecule has 1 amide bonds. The molecular weight excluding hydrogens is 232 g/mol. The Morgan fingerprint density at radius 1 is 1.44 bits per heavy atom. The molecule has 1 aromatic rings. The molecule has 1 unspecified atom stereocenters. The van der Waals surface area contributed by atoms with Gasteiger partial charge in [-0.1, -0.05) is 18.2 Å². The van der Waals surface area contributed by atoms with Crippen LogP contribution in [-0.4, -0.2) is 25.7 Å². The molecule has 0 spiro atoms. The third-order valence-electron chi connectivity index (χ3n) is 2.33. The van der Waals surface area contributed by atoms with Crippen molar-refractivity contribution in [2.24, 2.45) is 11.5 Å². The van der Waals surface area contributed by atoms with E-state index >= 15 is 0 Å². The number of rotatable bonds is 6. The van der Waals surface area contributed by atoms with Crippen molar-refractivity contribution in [3.8, 4) is 11.5 Å². The molecule has 0 aliphatic heterocycles. The minimum Gasteiger partial charge on any atom is -0.493 e. The first-order valence-electron chi connectivity index (χ1n) is 5.57. The number of benzene rings is 1. The van der Waals surface area contributed by atoms with E-state index in [0.717, 1.165) is 5.56 Å². The van der Waals surface area contributed by atoms with Gasteiger partial charge in [-0.25, -0.2) is 0 Å². The third kappa shape index (κ3) is 3.78. The van der Waals surface area contributed by atoms with Gasteiger partial charge in [-0.15, -0.1) is 0 Å². The average molecular weight is 250 g/mol. The van der Waals surface area contributed by atoms with Crippen LogP contribution in [-0.2, 0) is 4.79 Å². The van der Waals surface area contributed by atoms with Gasteiger partial charge < -0.3 is 20.9 Å². The van der Waals surface area contributed by atoms with E-state index in [9.17, 15) is 4.79 Å². The third-order valence-corrected chi connectivity index (χ3v) is 2.33. The lowest BCUT2D eigenvalue weighted by atomic mass is 10.2. The lowest BCUT2D eigenvalue weighted by molar-refractivity contribution is -0.119. The Morgan fingerprint density at radius 2 is 2.17 bits per heavy atom. The lowest BCUT2D eigenvalue weighted by Crippen LogP contribution is -2.41. The van der Waals surface area contributed by atoms with E-state index in [2.05, 4.69) is 0 Å². The van der Waals surface area contributed by atoms with Crippen LogP contribution in [0.15, 0.2) is 24.3 Å². The van der Waals surface area contributed by atoms with Crippen LogP contribution in [0.3, 0.4) is 0 Å². The van der Waals surface area contributed by atoms with Crippen molar-refractivity contribution in [2.45, 2.75) is 13.0 Å². The molecule has 4 N–H and O–H groups in total. The normalized spacial score (nSPS) is 12.4. The van der Waals surface area contributed by atoms with Gasteiger partial charge in [0.25, 0.3) is 0 Å². The summed E-state index contributed by atoms with van der Waals surface area (Å²) >= 11 is 0. The maximum atomic E-state index is 10.8. The van der Waals surface area contributed by atoms with E-state index < -0.39 is 11.9 Å². The number of hydrogen-bond acceptors (Lipinski definition) is 4. The maximum absolute atomic E-state index is 10.8. The highest BCUT2D eigenvalue weighted by Crippen LogP contribution is 2.28. The molecule has 0 aliphatic carbocycles. The molecule has 0 fully saturated rings. The van der Waals surface area contributed by atoms with Crippen LogP contribution >= 0.6 is 0 Å². The number of allylic oxidation sites excluding steroid dienone is 1. The van der Waals surface area contributed by atoms with Gasteiger partial charge in [0.1, 0.15) is 12.6 Å². The number of amides is 1. The molecule has 98 valence electrons. The van der Waals surface area contributed by atoms with Crippen molar-refractivity contribution in [1.29, 1.82) is 0 Å². The predicted octanol–water partition coefficient (Wildman–Crippen LogP) is 0.920. The highest BCUT2D eigenvalue weighted by molar-refractivity contribution is 5.79. The summed E-state index contributed by atoms with van der Waals surface area (Å²) in [5, 5.41) is 0. The molecule has 5 nitrogen and oxygen atoms in total. The summed E-state index contributed by atoms with van der Waals surface area (Å²) in [4.78, 5) is 10.8. The molecule has 0 aromatic heterocycles. The van der Waals surface area contributed by atoms with Gasteiger partial charge in [-0.3, -0.25) is 4.79 Å². The molecule has 1 rings (SSSR count). The maximum Gasteiger partial charge on any atom is 0.237 e. The van der Waals surface area contributed by atoms with E-state index in [1.165, 1.54) is 0 Å². The number of ether oxygens (including phenoxy) is 2. The zero-order valence-corrected chi connectivity index (χ0v) is 10.6. The van der Waals surface area contributed by atoms with E-state index in [0.29, 0.717) is 11.5 Å². The fourth-order valence-electron chi connectivity index (χ4n) is 1.36. The van der Waals surface area contributed by atoms with E-state index in [4.69, 9.17) is 20.9 Å². The summed E-state index contributed by atoms with van der Waals surface area (Å²) in [7, 11) is 1.55. The summed E-state index contributed by atoms with van der Waals surface area (Å²) in [6, 6.07) is 4.66. The number of carbonyl (C=O) groups is 1. The standard InChI is InChI=1S/C13H18N2O3/c1-3-4-9-5-6-11(12(7-9)17-2)18-8-10(14)13(15)16/h3-7,10H,8,14H2,1-2H3,(H2,15,16)/b4-3+. The Hall–Kier alpha value is -2.01. The molecule has 0 aliphatic rings. The first-order chi connectivity index (χ1) is 8.58. The van der Waals surface area contributed by atoms with Crippen LogP contribution in [0.5, 0.6) is 11.5 Å². The summed E-state index contributed by atoms with van der Waals surface area (Å²) in [6.45, 7) is 1.96. The van der Waals surface area contributed by atoms with E-state index in [1.54, 1.807) is 13.2 Å². The second-order valence-corrected chi connectivity index (χ2v) is 3.73. The zero-order valence-electron chi connectivity index (χ0n) is 10.6. The number of nitrogens with two attached hydrogens (primary N) is 2. The lowest BCUT2D eigenvalue weighted by Gasteiger charge is -2.13. The molecule has 0 saturated carbocycles. The number of methoxy groups -OCH3 is 1. The van der Waals surface area contributed by atoms with Gasteiger partial charge in [-0.05, 0) is 24.6 Å². The van der Waals surface area contributed by atoms with Gasteiger partial charge in [0, 0.05) is 0 Å². The monoisotopic (exact) mass is 250 g/mol. The van der Waals surface area contributed by atoms with Crippen LogP contribution in [0, 0.1) is 0 Å². The SMILES string of the molecule is C/C=C/c1ccc(OCC(N)C(N)=O)c(OC)c1. The Balaban J connectivity index is 2.79. The molecule has 1 aromatic carbocycles. The highest BCUT2D eigenvalue weighted by atomic mass is 16.5. The van der Waals surface area contributed by atoms with E-state index in [-0.39, 0.29) is 6.61 Å². The Labute approximate surface area is 106 Å². The molecule has 1 atom stereocenters. The minimum atomic E-state index is -0.829. The largest absolute Gasteiger partial charge is 0.493 e. The van der Waals surface area contributed by atoms with Crippen LogP contribution in [0.2, 0.25) is 0 Å². The van der Waals surface area contributed by atoms with Gasteiger partial charge in [0.2, 0.25) is 5.91 Å². The van der Waals surface area contributed by atoms with E-state index in [1.807, 2.05) is 31.2 Å². The summed E-state index contributed by atoms with van der Waals surface area (Å²) < 4.78 is 10.6. The molecule has 5 heteroatoms. The van der Waals surface area contributed by atoms with Crippen LogP contribution in [0.25, 0.3) is 6.08 Å². The fraction of sp³-hybridized carbons (Fsp3) is 0.308. The van der Waals surface area contributed by atoms with Gasteiger partial charge in [0.15, 0.2) is 11.5 Å². The second-order valence-electron chi connectivity index (χ2n) is 3.73. The van der Waals surface area contributed by atoms with Gasteiger partial charge in [0.05, 0.1) is 7.11 Å². The summed E-state index contributed by atoms with van der Waals surface area (Å²) in [5.41, 5.74) is 11.5. The predicted molar refractivity (Wildman–Crippen MR) is 70.4 cm³/mol. The topological polar surface area (TPSA) is 87.6 Å². The molecule has 0 saturated heterocycles. The van der Waals surface area contributed by atoms with Crippen molar-refractivity contribution < 1.29 is 14.3 Å². The summed E-state index contributed by atoms with van der Waals surface area (Å²) in [6.07, 6.45) is 3.87. The Bertz CT molecular complexity index is 444. The minimum absolute atomic E-state index is 0.0225. The Kier molecular flexibility index (Phi) is 5.20. The van der Waals surface area contributed by atoms with Crippen molar-refractivity contribution in [3.05, 3.63) is 29.8 Å². The molecular formula is C13H18N2O3. The van der Waals surface area contributed by atoms with Crippen LogP contribution in [0.1, 0.15) is 12.5 Å². The summed E-state index contributed by atoms with van der Waals surface area (Å²) in [5.74, 6) is 0.518. The first kappa shape index (κ1) is 14.1. The first-order valence-corrected chi connectivity index (χ1v) is 5.57. The fourth-order valence-corrected chi connectivity index (χ4v) is 1.36. The van der Waals surface area contributed by atoms with Crippen molar-refractivity contribution in [1.82, 2.24) is 0 Å². The van der Waals surface area contributed by atoms with Crippen molar-refractivity contribution in [2.75, 3.05) is 13.7 Å². The number of primary amides is 1.